The van der Waals surface area contributed by atoms with Gasteiger partial charge in [-0.3, -0.25) is 14.4 Å². The van der Waals surface area contributed by atoms with E-state index in [0.717, 1.165) is 6.92 Å². The van der Waals surface area contributed by atoms with E-state index in [1.165, 1.54) is 0 Å². The summed E-state index contributed by atoms with van der Waals surface area (Å²) in [6.07, 6.45) is -12.1. The molecule has 2 saturated heterocycles. The number of Topliss-reactive ketones (excluding diaryl/α,β-unsaturated/α-hetero) is 2. The molecule has 1 aliphatic carbocycles. The molecule has 0 radical (unpaired) electrons. The third kappa shape index (κ3) is 6.00. The van der Waals surface area contributed by atoms with Gasteiger partial charge in [-0.2, -0.15) is 0 Å². The van der Waals surface area contributed by atoms with Crippen molar-refractivity contribution in [1.29, 1.82) is 0 Å². The van der Waals surface area contributed by atoms with Crippen molar-refractivity contribution in [2.75, 3.05) is 13.2 Å². The molecule has 200 valence electrons. The summed E-state index contributed by atoms with van der Waals surface area (Å²) >= 11 is 0. The minimum atomic E-state index is -3.92. The highest BCUT2D eigenvalue weighted by molar-refractivity contribution is 5.85. The van der Waals surface area contributed by atoms with Crippen molar-refractivity contribution in [2.24, 2.45) is 17.2 Å². The molecule has 35 heavy (non-hydrogen) atoms. The molecular formula is C20H32F2N4O9. The summed E-state index contributed by atoms with van der Waals surface area (Å²) in [5.74, 6) is -5.68. The molecule has 0 aromatic carbocycles. The predicted molar refractivity (Wildman–Crippen MR) is 112 cm³/mol. The summed E-state index contributed by atoms with van der Waals surface area (Å²) in [5, 5.41) is 21.9. The number of nitrogens with one attached hydrogen (secondary N) is 1. The van der Waals surface area contributed by atoms with Gasteiger partial charge in [0.25, 0.3) is 0 Å². The van der Waals surface area contributed by atoms with Crippen LogP contribution in [0.5, 0.6) is 0 Å². The van der Waals surface area contributed by atoms with Crippen LogP contribution in [-0.4, -0.2) is 108 Å². The van der Waals surface area contributed by atoms with Gasteiger partial charge in [-0.15, -0.1) is 0 Å². The van der Waals surface area contributed by atoms with E-state index in [2.05, 4.69) is 5.32 Å². The molecule has 9 N–H and O–H groups in total. The number of aliphatic hydroxyl groups excluding tert-OH is 2. The SMILES string of the molecule is CC(=O)NC1CC(N)C(OC2OC(CN)CC(=O)C2N)C(F)(F)C1OC1OC(CO)C(=O)CC1O. The number of rotatable bonds is 7. The molecule has 15 heteroatoms. The number of carbonyl (C=O) groups excluding carboxylic acids is 3. The van der Waals surface area contributed by atoms with E-state index in [9.17, 15) is 24.6 Å². The monoisotopic (exact) mass is 510 g/mol. The summed E-state index contributed by atoms with van der Waals surface area (Å²) in [5.41, 5.74) is 17.3. The summed E-state index contributed by atoms with van der Waals surface area (Å²) in [6, 6.07) is -4.04. The lowest BCUT2D eigenvalue weighted by Gasteiger charge is -2.48. The van der Waals surface area contributed by atoms with Crippen LogP contribution in [0.4, 0.5) is 8.78 Å². The van der Waals surface area contributed by atoms with Crippen molar-refractivity contribution in [3.8, 4) is 0 Å². The van der Waals surface area contributed by atoms with E-state index < -0.39 is 97.6 Å². The lowest BCUT2D eigenvalue weighted by Crippen LogP contribution is -2.70. The van der Waals surface area contributed by atoms with Crippen molar-refractivity contribution < 1.29 is 52.3 Å². The summed E-state index contributed by atoms with van der Waals surface area (Å²) < 4.78 is 53.2. The van der Waals surface area contributed by atoms with E-state index in [0.29, 0.717) is 0 Å². The third-order valence-corrected chi connectivity index (χ3v) is 6.22. The zero-order chi connectivity index (χ0) is 26.1. The molecule has 1 saturated carbocycles. The van der Waals surface area contributed by atoms with Gasteiger partial charge in [0.15, 0.2) is 24.1 Å². The number of ketones is 2. The second-order valence-corrected chi connectivity index (χ2v) is 8.97. The van der Waals surface area contributed by atoms with Gasteiger partial charge in [0.2, 0.25) is 5.91 Å². The van der Waals surface area contributed by atoms with Crippen molar-refractivity contribution >= 4 is 17.5 Å². The summed E-state index contributed by atoms with van der Waals surface area (Å²) in [4.78, 5) is 35.7. The quantitative estimate of drug-likeness (QED) is 0.198. The Morgan fingerprint density at radius 2 is 1.80 bits per heavy atom. The second kappa shape index (κ2) is 11.1. The molecule has 2 heterocycles. The highest BCUT2D eigenvalue weighted by atomic mass is 19.3. The predicted octanol–water partition coefficient (Wildman–Crippen LogP) is -3.36. The molecule has 0 aromatic rings. The molecule has 3 aliphatic rings. The van der Waals surface area contributed by atoms with Crippen LogP contribution in [0.2, 0.25) is 0 Å². The van der Waals surface area contributed by atoms with Crippen LogP contribution in [0.1, 0.15) is 26.2 Å². The maximum absolute atomic E-state index is 15.8. The fourth-order valence-electron chi connectivity index (χ4n) is 4.44. The Kier molecular flexibility index (Phi) is 8.88. The molecule has 0 aromatic heterocycles. The fourth-order valence-corrected chi connectivity index (χ4v) is 4.44. The van der Waals surface area contributed by atoms with E-state index in [4.69, 9.17) is 36.1 Å². The number of halogens is 2. The maximum Gasteiger partial charge on any atom is 0.302 e. The average Bonchev–Trinajstić information content (AvgIpc) is 2.77. The Bertz CT molecular complexity index is 807. The van der Waals surface area contributed by atoms with E-state index in [-0.39, 0.29) is 19.4 Å². The Labute approximate surface area is 199 Å². The first kappa shape index (κ1) is 27.9. The van der Waals surface area contributed by atoms with Gasteiger partial charge >= 0.3 is 5.92 Å². The summed E-state index contributed by atoms with van der Waals surface area (Å²) in [7, 11) is 0. The molecule has 0 spiro atoms. The Balaban J connectivity index is 1.86. The normalized spacial score (nSPS) is 42.1. The van der Waals surface area contributed by atoms with Gasteiger partial charge in [-0.25, -0.2) is 8.78 Å². The molecule has 10 unspecified atom stereocenters. The van der Waals surface area contributed by atoms with Gasteiger partial charge in [0.1, 0.15) is 30.5 Å². The van der Waals surface area contributed by atoms with Crippen molar-refractivity contribution in [2.45, 2.75) is 93.3 Å². The van der Waals surface area contributed by atoms with Crippen LogP contribution in [0, 0.1) is 0 Å². The van der Waals surface area contributed by atoms with Gasteiger partial charge in [0, 0.05) is 32.4 Å². The summed E-state index contributed by atoms with van der Waals surface area (Å²) in [6.45, 7) is 0.304. The fraction of sp³-hybridized carbons (Fsp3) is 0.850. The first-order valence-electron chi connectivity index (χ1n) is 11.2. The van der Waals surface area contributed by atoms with Crippen LogP contribution in [-0.2, 0) is 33.3 Å². The van der Waals surface area contributed by atoms with Gasteiger partial charge in [-0.05, 0) is 6.42 Å². The lowest BCUT2D eigenvalue weighted by atomic mass is 9.82. The van der Waals surface area contributed by atoms with Crippen molar-refractivity contribution in [3.05, 3.63) is 0 Å². The molecular weight excluding hydrogens is 478 g/mol. The van der Waals surface area contributed by atoms with E-state index in [1.807, 2.05) is 0 Å². The Hall–Kier alpha value is -1.69. The standard InChI is InChI=1S/C20H32F2N4O9/c1-7(28)26-10-3-9(24)16(34-19-15(25)12(30)2-8(5-23)32-19)20(21,22)17(10)35-18-13(31)4-11(29)14(6-27)33-18/h8-10,13-19,27,31H,2-6,23-25H2,1H3,(H,26,28). The number of alkyl halides is 2. The van der Waals surface area contributed by atoms with Gasteiger partial charge in [0.05, 0.1) is 18.8 Å². The average molecular weight is 510 g/mol. The van der Waals surface area contributed by atoms with Crippen LogP contribution in [0.25, 0.3) is 0 Å². The zero-order valence-electron chi connectivity index (χ0n) is 19.0. The van der Waals surface area contributed by atoms with Gasteiger partial charge in [-0.1, -0.05) is 0 Å². The number of nitrogens with two attached hydrogens (primary N) is 3. The van der Waals surface area contributed by atoms with Crippen LogP contribution in [0.3, 0.4) is 0 Å². The van der Waals surface area contributed by atoms with Gasteiger partial charge < -0.3 is 51.7 Å². The molecule has 10 atom stereocenters. The first-order valence-corrected chi connectivity index (χ1v) is 11.2. The Morgan fingerprint density at radius 3 is 2.40 bits per heavy atom. The smallest absolute Gasteiger partial charge is 0.302 e. The molecule has 0 bridgehead atoms. The molecule has 2 aliphatic heterocycles. The Morgan fingerprint density at radius 1 is 1.14 bits per heavy atom. The van der Waals surface area contributed by atoms with Crippen LogP contribution in [0.15, 0.2) is 0 Å². The highest BCUT2D eigenvalue weighted by Gasteiger charge is 2.61. The molecule has 3 rings (SSSR count). The number of aliphatic hydroxyl groups is 2. The lowest BCUT2D eigenvalue weighted by molar-refractivity contribution is -0.327. The zero-order valence-corrected chi connectivity index (χ0v) is 19.0. The number of ether oxygens (including phenoxy) is 4. The number of hydrogen-bond donors (Lipinski definition) is 6. The topological polar surface area (TPSA) is 219 Å². The van der Waals surface area contributed by atoms with Crippen LogP contribution < -0.4 is 22.5 Å². The number of carbonyl (C=O) groups is 3. The molecule has 1 amide bonds. The molecule has 13 nitrogen and oxygen atoms in total. The largest absolute Gasteiger partial charge is 0.393 e. The highest BCUT2D eigenvalue weighted by Crippen LogP contribution is 2.40. The maximum atomic E-state index is 15.8. The van der Waals surface area contributed by atoms with Crippen molar-refractivity contribution in [3.63, 3.8) is 0 Å². The minimum absolute atomic E-state index is 0.0660. The van der Waals surface area contributed by atoms with E-state index >= 15 is 8.78 Å². The van der Waals surface area contributed by atoms with E-state index in [1.54, 1.807) is 0 Å². The molecule has 3 fully saturated rings. The van der Waals surface area contributed by atoms with Crippen molar-refractivity contribution in [1.82, 2.24) is 5.32 Å². The van der Waals surface area contributed by atoms with Crippen LogP contribution >= 0.6 is 0 Å². The first-order chi connectivity index (χ1) is 16.4. The second-order valence-electron chi connectivity index (χ2n) is 8.97. The minimum Gasteiger partial charge on any atom is -0.393 e. The number of hydrogen-bond acceptors (Lipinski definition) is 12. The third-order valence-electron chi connectivity index (χ3n) is 6.22. The number of amides is 1.